The molecule has 0 aromatic heterocycles. The Morgan fingerprint density at radius 1 is 1.39 bits per heavy atom. The molecule has 0 saturated heterocycles. The number of halogens is 1. The number of hydrogen-bond acceptors (Lipinski definition) is 5. The average Bonchev–Trinajstić information content (AvgIpc) is 2.58. The molecule has 6 heteroatoms. The number of carbonyl (C=O) groups is 2. The summed E-state index contributed by atoms with van der Waals surface area (Å²) in [6.07, 6.45) is 5.42. The number of aldehydes is 1. The summed E-state index contributed by atoms with van der Waals surface area (Å²) in [6, 6.07) is 3.35. The summed E-state index contributed by atoms with van der Waals surface area (Å²) in [5, 5.41) is 0. The van der Waals surface area contributed by atoms with Crippen LogP contribution in [0.2, 0.25) is 0 Å². The van der Waals surface area contributed by atoms with Gasteiger partial charge in [0.2, 0.25) is 0 Å². The molecule has 0 aliphatic heterocycles. The van der Waals surface area contributed by atoms with Crippen LogP contribution in [0.3, 0.4) is 0 Å². The minimum absolute atomic E-state index is 0.203. The number of allylic oxidation sites excluding steroid dienone is 1. The second-order valence-corrected chi connectivity index (χ2v) is 5.98. The zero-order chi connectivity index (χ0) is 16.8. The highest BCUT2D eigenvalue weighted by molar-refractivity contribution is 9.10. The molecule has 0 heterocycles. The van der Waals surface area contributed by atoms with Crippen molar-refractivity contribution in [3.05, 3.63) is 33.8 Å². The third-order valence-electron chi connectivity index (χ3n) is 3.76. The molecule has 0 spiro atoms. The van der Waals surface area contributed by atoms with E-state index in [0.717, 1.165) is 31.1 Å². The molecule has 1 aliphatic rings. The fourth-order valence-electron chi connectivity index (χ4n) is 2.52. The van der Waals surface area contributed by atoms with E-state index in [9.17, 15) is 9.59 Å². The lowest BCUT2D eigenvalue weighted by Crippen LogP contribution is -2.24. The van der Waals surface area contributed by atoms with Crippen molar-refractivity contribution in [1.82, 2.24) is 0 Å². The van der Waals surface area contributed by atoms with Gasteiger partial charge in [0, 0.05) is 5.56 Å². The minimum Gasteiger partial charge on any atom is -0.493 e. The van der Waals surface area contributed by atoms with Crippen LogP contribution >= 0.6 is 15.9 Å². The monoisotopic (exact) mass is 382 g/mol. The molecule has 0 bridgehead atoms. The summed E-state index contributed by atoms with van der Waals surface area (Å²) in [5.74, 6) is 0.713. The summed E-state index contributed by atoms with van der Waals surface area (Å²) in [6.45, 7) is 0. The van der Waals surface area contributed by atoms with Crippen LogP contribution in [0.1, 0.15) is 36.0 Å². The van der Waals surface area contributed by atoms with E-state index < -0.39 is 0 Å². The molecule has 124 valence electrons. The maximum absolute atomic E-state index is 11.6. The largest absolute Gasteiger partial charge is 0.493 e. The highest BCUT2D eigenvalue weighted by Gasteiger charge is 2.25. The molecule has 1 aromatic carbocycles. The fraction of sp³-hybridized carbons (Fsp3) is 0.412. The van der Waals surface area contributed by atoms with Crippen LogP contribution in [0.5, 0.6) is 11.5 Å². The number of methoxy groups -OCH3 is 2. The number of esters is 1. The van der Waals surface area contributed by atoms with Crippen LogP contribution in [0.4, 0.5) is 0 Å². The zero-order valence-electron chi connectivity index (χ0n) is 13.1. The number of rotatable bonds is 6. The van der Waals surface area contributed by atoms with Crippen molar-refractivity contribution >= 4 is 28.2 Å². The Bertz CT molecular complexity index is 624. The number of ether oxygens (including phenoxy) is 3. The van der Waals surface area contributed by atoms with Crippen LogP contribution in [0.15, 0.2) is 28.3 Å². The first-order valence-corrected chi connectivity index (χ1v) is 8.14. The second-order valence-electron chi connectivity index (χ2n) is 5.19. The standard InChI is InChI=1S/C17H19BrO5/c1-21-14-8-7-12(10-19)16(18)17(14)23-13-6-4-3-5-11(13)9-15(20)22-2/h5,7-8,10,13H,3-4,6,9H2,1-2H3/t13-/m1/s1. The normalized spacial score (nSPS) is 17.2. The van der Waals surface area contributed by atoms with Gasteiger partial charge in [-0.3, -0.25) is 9.59 Å². The van der Waals surface area contributed by atoms with Crippen LogP contribution in [-0.4, -0.2) is 32.6 Å². The molecular weight excluding hydrogens is 364 g/mol. The van der Waals surface area contributed by atoms with Gasteiger partial charge in [-0.25, -0.2) is 0 Å². The molecule has 5 nitrogen and oxygen atoms in total. The van der Waals surface area contributed by atoms with Gasteiger partial charge in [0.1, 0.15) is 6.10 Å². The molecule has 0 fully saturated rings. The van der Waals surface area contributed by atoms with Gasteiger partial charge in [-0.2, -0.15) is 0 Å². The third kappa shape index (κ3) is 4.13. The molecular formula is C17H19BrO5. The van der Waals surface area contributed by atoms with E-state index in [1.54, 1.807) is 19.2 Å². The Labute approximate surface area is 143 Å². The van der Waals surface area contributed by atoms with E-state index in [0.29, 0.717) is 21.5 Å². The van der Waals surface area contributed by atoms with Crippen molar-refractivity contribution in [3.63, 3.8) is 0 Å². The predicted octanol–water partition coefficient (Wildman–Crippen LogP) is 3.69. The van der Waals surface area contributed by atoms with Crippen molar-refractivity contribution < 1.29 is 23.8 Å². The van der Waals surface area contributed by atoms with Gasteiger partial charge < -0.3 is 14.2 Å². The summed E-state index contributed by atoms with van der Waals surface area (Å²) >= 11 is 3.40. The van der Waals surface area contributed by atoms with E-state index in [-0.39, 0.29) is 18.5 Å². The quantitative estimate of drug-likeness (QED) is 0.426. The Morgan fingerprint density at radius 3 is 2.83 bits per heavy atom. The molecule has 1 aliphatic carbocycles. The highest BCUT2D eigenvalue weighted by Crippen LogP contribution is 2.40. The Morgan fingerprint density at radius 2 is 2.17 bits per heavy atom. The van der Waals surface area contributed by atoms with E-state index in [1.165, 1.54) is 7.11 Å². The van der Waals surface area contributed by atoms with Crippen LogP contribution in [-0.2, 0) is 9.53 Å². The SMILES string of the molecule is COC(=O)CC1=CCCC[C@H]1Oc1c(OC)ccc(C=O)c1Br. The van der Waals surface area contributed by atoms with Crippen LogP contribution < -0.4 is 9.47 Å². The molecule has 0 N–H and O–H groups in total. The number of carbonyl (C=O) groups excluding carboxylic acids is 2. The summed E-state index contributed by atoms with van der Waals surface area (Å²) in [5.41, 5.74) is 1.38. The van der Waals surface area contributed by atoms with Gasteiger partial charge >= 0.3 is 5.97 Å². The van der Waals surface area contributed by atoms with Crippen molar-refractivity contribution in [2.24, 2.45) is 0 Å². The smallest absolute Gasteiger partial charge is 0.309 e. The zero-order valence-corrected chi connectivity index (χ0v) is 14.7. The van der Waals surface area contributed by atoms with Gasteiger partial charge in [0.25, 0.3) is 0 Å². The molecule has 1 atom stereocenters. The molecule has 0 amide bonds. The summed E-state index contributed by atoms with van der Waals surface area (Å²) < 4.78 is 16.7. The van der Waals surface area contributed by atoms with Crippen molar-refractivity contribution in [1.29, 1.82) is 0 Å². The molecule has 1 aromatic rings. The molecule has 23 heavy (non-hydrogen) atoms. The Balaban J connectivity index is 2.29. The lowest BCUT2D eigenvalue weighted by molar-refractivity contribution is -0.140. The molecule has 0 saturated carbocycles. The van der Waals surface area contributed by atoms with Gasteiger partial charge in [-0.15, -0.1) is 0 Å². The van der Waals surface area contributed by atoms with Gasteiger partial charge in [-0.1, -0.05) is 6.08 Å². The second kappa shape index (κ2) is 8.15. The highest BCUT2D eigenvalue weighted by atomic mass is 79.9. The van der Waals surface area contributed by atoms with E-state index >= 15 is 0 Å². The van der Waals surface area contributed by atoms with Gasteiger partial charge in [-0.05, 0) is 52.9 Å². The summed E-state index contributed by atoms with van der Waals surface area (Å²) in [7, 11) is 2.91. The molecule has 2 rings (SSSR count). The Kier molecular flexibility index (Phi) is 6.21. The van der Waals surface area contributed by atoms with E-state index in [4.69, 9.17) is 14.2 Å². The third-order valence-corrected chi connectivity index (χ3v) is 4.58. The predicted molar refractivity (Wildman–Crippen MR) is 89.1 cm³/mol. The van der Waals surface area contributed by atoms with Gasteiger partial charge in [0.15, 0.2) is 17.8 Å². The number of hydrogen-bond donors (Lipinski definition) is 0. The lowest BCUT2D eigenvalue weighted by atomic mass is 9.94. The van der Waals surface area contributed by atoms with Crippen molar-refractivity contribution in [2.45, 2.75) is 31.8 Å². The maximum atomic E-state index is 11.6. The topological polar surface area (TPSA) is 61.8 Å². The first kappa shape index (κ1) is 17.5. The minimum atomic E-state index is -0.292. The fourth-order valence-corrected chi connectivity index (χ4v) is 3.04. The first-order valence-electron chi connectivity index (χ1n) is 7.34. The maximum Gasteiger partial charge on any atom is 0.309 e. The molecule has 0 unspecified atom stereocenters. The lowest BCUT2D eigenvalue weighted by Gasteiger charge is -2.26. The Hall–Kier alpha value is -1.82. The summed E-state index contributed by atoms with van der Waals surface area (Å²) in [4.78, 5) is 22.7. The van der Waals surface area contributed by atoms with Crippen LogP contribution in [0, 0.1) is 0 Å². The number of benzene rings is 1. The van der Waals surface area contributed by atoms with Gasteiger partial charge in [0.05, 0.1) is 25.1 Å². The first-order chi connectivity index (χ1) is 11.1. The van der Waals surface area contributed by atoms with E-state index in [2.05, 4.69) is 15.9 Å². The van der Waals surface area contributed by atoms with Crippen molar-refractivity contribution in [2.75, 3.05) is 14.2 Å². The average molecular weight is 383 g/mol. The van der Waals surface area contributed by atoms with Crippen molar-refractivity contribution in [3.8, 4) is 11.5 Å². The van der Waals surface area contributed by atoms with Crippen LogP contribution in [0.25, 0.3) is 0 Å². The van der Waals surface area contributed by atoms with E-state index in [1.807, 2.05) is 6.08 Å². The molecule has 0 radical (unpaired) electrons.